The van der Waals surface area contributed by atoms with Gasteiger partial charge in [-0.1, -0.05) is 51.0 Å². The first-order valence-corrected chi connectivity index (χ1v) is 6.46. The molecule has 0 saturated carbocycles. The van der Waals surface area contributed by atoms with Gasteiger partial charge in [0.25, 0.3) is 0 Å². The lowest BCUT2D eigenvalue weighted by Crippen LogP contribution is -1.89. The van der Waals surface area contributed by atoms with Crippen LogP contribution in [0.15, 0.2) is 23.3 Å². The minimum atomic E-state index is 0.832. The molecule has 0 bridgehead atoms. The number of hydrogen-bond acceptors (Lipinski definition) is 0. The van der Waals surface area contributed by atoms with E-state index in [-0.39, 0.29) is 0 Å². The van der Waals surface area contributed by atoms with Gasteiger partial charge in [-0.2, -0.15) is 0 Å². The molecule has 1 rings (SSSR count). The number of rotatable bonds is 6. The van der Waals surface area contributed by atoms with Crippen molar-refractivity contribution in [1.29, 1.82) is 0 Å². The molecule has 1 aliphatic carbocycles. The Bertz CT molecular complexity index is 241. The van der Waals surface area contributed by atoms with Gasteiger partial charge in [0.05, 0.1) is 0 Å². The van der Waals surface area contributed by atoms with Crippen LogP contribution in [0.2, 0.25) is 0 Å². The van der Waals surface area contributed by atoms with Crippen molar-refractivity contribution in [2.75, 3.05) is 0 Å². The second-order valence-electron chi connectivity index (χ2n) is 5.65. The summed E-state index contributed by atoms with van der Waals surface area (Å²) in [6.45, 7) is 9.23. The van der Waals surface area contributed by atoms with Crippen LogP contribution < -0.4 is 0 Å². The molecule has 0 atom stereocenters. The lowest BCUT2D eigenvalue weighted by molar-refractivity contribution is 0.582. The van der Waals surface area contributed by atoms with E-state index in [1.807, 2.05) is 0 Å². The minimum Gasteiger partial charge on any atom is -0.0772 e. The molecule has 86 valence electrons. The summed E-state index contributed by atoms with van der Waals surface area (Å²) in [6, 6.07) is 0. The molecule has 0 heterocycles. The quantitative estimate of drug-likeness (QED) is 0.566. The molecule has 0 radical (unpaired) electrons. The zero-order valence-electron chi connectivity index (χ0n) is 10.8. The van der Waals surface area contributed by atoms with Gasteiger partial charge < -0.3 is 0 Å². The largest absolute Gasteiger partial charge is 0.0772 e. The summed E-state index contributed by atoms with van der Waals surface area (Å²) < 4.78 is 0. The Kier molecular flexibility index (Phi) is 5.14. The summed E-state index contributed by atoms with van der Waals surface area (Å²) in [6.07, 6.45) is 11.4. The van der Waals surface area contributed by atoms with E-state index in [4.69, 9.17) is 0 Å². The van der Waals surface area contributed by atoms with Crippen molar-refractivity contribution >= 4 is 0 Å². The highest BCUT2D eigenvalue weighted by Gasteiger charge is 2.07. The molecule has 15 heavy (non-hydrogen) atoms. The van der Waals surface area contributed by atoms with Crippen molar-refractivity contribution < 1.29 is 0 Å². The topological polar surface area (TPSA) is 0 Å². The highest BCUT2D eigenvalue weighted by Crippen LogP contribution is 2.26. The van der Waals surface area contributed by atoms with Crippen molar-refractivity contribution in [3.63, 3.8) is 0 Å². The van der Waals surface area contributed by atoms with Gasteiger partial charge >= 0.3 is 0 Å². The van der Waals surface area contributed by atoms with E-state index in [1.54, 1.807) is 11.1 Å². The fourth-order valence-electron chi connectivity index (χ4n) is 1.92. The Morgan fingerprint density at radius 2 is 1.60 bits per heavy atom. The van der Waals surface area contributed by atoms with Crippen molar-refractivity contribution in [3.05, 3.63) is 23.3 Å². The average Bonchev–Trinajstić information content (AvgIpc) is 2.59. The first-order valence-electron chi connectivity index (χ1n) is 6.46. The van der Waals surface area contributed by atoms with Gasteiger partial charge in [0.15, 0.2) is 0 Å². The zero-order valence-corrected chi connectivity index (χ0v) is 10.8. The van der Waals surface area contributed by atoms with Crippen LogP contribution in [0.5, 0.6) is 0 Å². The van der Waals surface area contributed by atoms with Gasteiger partial charge in [0.1, 0.15) is 0 Å². The average molecular weight is 206 g/mol. The molecule has 0 saturated heterocycles. The van der Waals surface area contributed by atoms with E-state index in [2.05, 4.69) is 39.8 Å². The Balaban J connectivity index is 2.26. The molecule has 0 unspecified atom stereocenters. The summed E-state index contributed by atoms with van der Waals surface area (Å²) in [4.78, 5) is 0. The van der Waals surface area contributed by atoms with Gasteiger partial charge in [-0.3, -0.25) is 0 Å². The van der Waals surface area contributed by atoms with Crippen molar-refractivity contribution in [2.45, 2.75) is 59.8 Å². The van der Waals surface area contributed by atoms with Crippen LogP contribution in [0.3, 0.4) is 0 Å². The zero-order chi connectivity index (χ0) is 11.3. The van der Waals surface area contributed by atoms with Gasteiger partial charge in [0, 0.05) is 0 Å². The molecule has 0 heteroatoms. The fourth-order valence-corrected chi connectivity index (χ4v) is 1.92. The van der Waals surface area contributed by atoms with E-state index in [1.165, 1.54) is 32.1 Å². The third kappa shape index (κ3) is 5.20. The van der Waals surface area contributed by atoms with Crippen LogP contribution in [0.25, 0.3) is 0 Å². The Labute approximate surface area is 95.5 Å². The summed E-state index contributed by atoms with van der Waals surface area (Å²) >= 11 is 0. The SMILES string of the molecule is CC(C)CCC1=CCC(CCC(C)C)=C1. The predicted octanol–water partition coefficient (Wildman–Crippen LogP) is 5.12. The van der Waals surface area contributed by atoms with Crippen LogP contribution in [-0.2, 0) is 0 Å². The first kappa shape index (κ1) is 12.5. The molecule has 0 nitrogen and oxygen atoms in total. The van der Waals surface area contributed by atoms with E-state index < -0.39 is 0 Å². The molecular formula is C15H26. The predicted molar refractivity (Wildman–Crippen MR) is 68.9 cm³/mol. The molecule has 1 aliphatic rings. The van der Waals surface area contributed by atoms with E-state index in [9.17, 15) is 0 Å². The van der Waals surface area contributed by atoms with E-state index in [0.717, 1.165) is 11.8 Å². The summed E-state index contributed by atoms with van der Waals surface area (Å²) in [5.41, 5.74) is 3.24. The van der Waals surface area contributed by atoms with Gasteiger partial charge in [-0.15, -0.1) is 0 Å². The monoisotopic (exact) mass is 206 g/mol. The normalized spacial score (nSPS) is 16.1. The van der Waals surface area contributed by atoms with Crippen LogP contribution in [0, 0.1) is 11.8 Å². The minimum absolute atomic E-state index is 0.832. The van der Waals surface area contributed by atoms with Gasteiger partial charge in [-0.25, -0.2) is 0 Å². The highest BCUT2D eigenvalue weighted by molar-refractivity contribution is 5.32. The number of hydrogen-bond donors (Lipinski definition) is 0. The number of allylic oxidation sites excluding steroid dienone is 4. The maximum atomic E-state index is 2.45. The van der Waals surface area contributed by atoms with Crippen molar-refractivity contribution in [3.8, 4) is 0 Å². The smallest absolute Gasteiger partial charge is 0.0130 e. The molecule has 0 aromatic carbocycles. The third-order valence-electron chi connectivity index (χ3n) is 3.07. The molecule has 0 amide bonds. The second kappa shape index (κ2) is 6.15. The Morgan fingerprint density at radius 3 is 2.20 bits per heavy atom. The van der Waals surface area contributed by atoms with Crippen LogP contribution in [0.4, 0.5) is 0 Å². The van der Waals surface area contributed by atoms with Crippen LogP contribution in [-0.4, -0.2) is 0 Å². The maximum absolute atomic E-state index is 2.45. The van der Waals surface area contributed by atoms with Gasteiger partial charge in [0.2, 0.25) is 0 Å². The standard InChI is InChI=1S/C15H26/c1-12(2)5-7-14-9-10-15(11-14)8-6-13(3)4/h9,11-13H,5-8,10H2,1-4H3. The summed E-state index contributed by atoms with van der Waals surface area (Å²) in [7, 11) is 0. The lowest BCUT2D eigenvalue weighted by Gasteiger charge is -2.05. The van der Waals surface area contributed by atoms with Gasteiger partial charge in [-0.05, 0) is 43.9 Å². The summed E-state index contributed by atoms with van der Waals surface area (Å²) in [5.74, 6) is 1.67. The highest BCUT2D eigenvalue weighted by atomic mass is 14.1. The Morgan fingerprint density at radius 1 is 1.00 bits per heavy atom. The Hall–Kier alpha value is -0.520. The maximum Gasteiger partial charge on any atom is -0.0130 e. The molecule has 0 aliphatic heterocycles. The lowest BCUT2D eigenvalue weighted by atomic mass is 10.0. The third-order valence-corrected chi connectivity index (χ3v) is 3.07. The molecule has 0 N–H and O–H groups in total. The van der Waals surface area contributed by atoms with E-state index >= 15 is 0 Å². The van der Waals surface area contributed by atoms with Crippen LogP contribution >= 0.6 is 0 Å². The van der Waals surface area contributed by atoms with E-state index in [0.29, 0.717) is 0 Å². The second-order valence-corrected chi connectivity index (χ2v) is 5.65. The molecular weight excluding hydrogens is 180 g/mol. The van der Waals surface area contributed by atoms with Crippen molar-refractivity contribution in [1.82, 2.24) is 0 Å². The summed E-state index contributed by atoms with van der Waals surface area (Å²) in [5, 5.41) is 0. The molecule has 0 fully saturated rings. The molecule has 0 spiro atoms. The fraction of sp³-hybridized carbons (Fsp3) is 0.733. The molecule has 0 aromatic heterocycles. The molecule has 0 aromatic rings. The van der Waals surface area contributed by atoms with Crippen LogP contribution in [0.1, 0.15) is 59.8 Å². The van der Waals surface area contributed by atoms with Crippen molar-refractivity contribution in [2.24, 2.45) is 11.8 Å². The first-order chi connectivity index (χ1) is 7.08.